The predicted molar refractivity (Wildman–Crippen MR) is 136 cm³/mol. The van der Waals surface area contributed by atoms with Crippen molar-refractivity contribution in [2.45, 2.75) is 85.1 Å². The van der Waals surface area contributed by atoms with Gasteiger partial charge in [0.1, 0.15) is 18.1 Å². The number of phenolic OH excluding ortho intramolecular Hbond substituents is 1. The monoisotopic (exact) mass is 462 g/mol. The van der Waals surface area contributed by atoms with Gasteiger partial charge in [0.2, 0.25) is 0 Å². The largest absolute Gasteiger partial charge is 0.507 e. The first-order chi connectivity index (χ1) is 15.8. The number of aromatic hydroxyl groups is 1. The van der Waals surface area contributed by atoms with Crippen molar-refractivity contribution in [2.75, 3.05) is 0 Å². The molecular weight excluding hydrogens is 424 g/mol. The first-order valence-electron chi connectivity index (χ1n) is 12.0. The van der Waals surface area contributed by atoms with E-state index in [1.54, 1.807) is 12.1 Å². The molecular formula is C29H38N2O3. The topological polar surface area (TPSA) is 79.2 Å². The van der Waals surface area contributed by atoms with Gasteiger partial charge in [-0.1, -0.05) is 78.8 Å². The first kappa shape index (κ1) is 25.5. The van der Waals surface area contributed by atoms with Crippen LogP contribution >= 0.6 is 0 Å². The van der Waals surface area contributed by atoms with Gasteiger partial charge < -0.3 is 9.63 Å². The van der Waals surface area contributed by atoms with Crippen LogP contribution in [0.25, 0.3) is 0 Å². The van der Waals surface area contributed by atoms with Gasteiger partial charge in [-0.25, -0.2) is 0 Å². The third kappa shape index (κ3) is 5.52. The molecule has 182 valence electrons. The minimum absolute atomic E-state index is 0.0533. The summed E-state index contributed by atoms with van der Waals surface area (Å²) < 4.78 is 7.44. The van der Waals surface area contributed by atoms with E-state index in [0.717, 1.165) is 40.9 Å². The molecule has 5 heteroatoms. The molecule has 5 nitrogen and oxygen atoms in total. The molecule has 2 aromatic carbocycles. The average molecular weight is 463 g/mol. The van der Waals surface area contributed by atoms with E-state index in [9.17, 15) is 9.90 Å². The van der Waals surface area contributed by atoms with Crippen LogP contribution in [0.1, 0.15) is 93.3 Å². The van der Waals surface area contributed by atoms with Crippen LogP contribution in [-0.4, -0.2) is 15.6 Å². The molecule has 0 fully saturated rings. The molecule has 0 atom stereocenters. The van der Waals surface area contributed by atoms with Crippen LogP contribution in [0, 0.1) is 5.41 Å². The summed E-state index contributed by atoms with van der Waals surface area (Å²) in [5.74, 6) is 0.872. The minimum atomic E-state index is -0.323. The average Bonchev–Trinajstić information content (AvgIpc) is 3.02. The van der Waals surface area contributed by atoms with Crippen LogP contribution in [0.3, 0.4) is 0 Å². The quantitative estimate of drug-likeness (QED) is 0.405. The zero-order valence-electron chi connectivity index (χ0n) is 21.6. The number of carbonyl (C=O) groups is 1. The molecule has 0 saturated heterocycles. The number of nitrogens with one attached hydrogen (secondary N) is 1. The summed E-state index contributed by atoms with van der Waals surface area (Å²) in [5.41, 5.74) is 3.55. The summed E-state index contributed by atoms with van der Waals surface area (Å²) in [6.45, 7) is 14.2. The molecule has 0 spiro atoms. The summed E-state index contributed by atoms with van der Waals surface area (Å²) in [6.07, 6.45) is 2.21. The third-order valence-electron chi connectivity index (χ3n) is 6.13. The Balaban J connectivity index is 2.01. The van der Waals surface area contributed by atoms with Crippen molar-refractivity contribution in [3.63, 3.8) is 0 Å². The molecule has 1 heterocycles. The molecule has 0 bridgehead atoms. The number of aryl methyl sites for hydroxylation is 1. The predicted octanol–water partition coefficient (Wildman–Crippen LogP) is 6.29. The number of rotatable bonds is 7. The van der Waals surface area contributed by atoms with E-state index in [4.69, 9.17) is 9.93 Å². The summed E-state index contributed by atoms with van der Waals surface area (Å²) in [7, 11) is 0. The summed E-state index contributed by atoms with van der Waals surface area (Å²) in [6, 6.07) is 13.6. The van der Waals surface area contributed by atoms with Crippen molar-refractivity contribution in [3.05, 3.63) is 81.5 Å². The Labute approximate surface area is 202 Å². The van der Waals surface area contributed by atoms with E-state index in [1.165, 1.54) is 4.74 Å². The number of Topliss-reactive ketones (excluding diaryl/α,β-unsaturated/α-hetero) is 1. The number of benzene rings is 2. The highest BCUT2D eigenvalue weighted by atomic mass is 16.5. The fraction of sp³-hybridized carbons (Fsp3) is 0.448. The van der Waals surface area contributed by atoms with Gasteiger partial charge >= 0.3 is 0 Å². The number of carbonyl (C=O) groups excluding carboxylic acids is 1. The fourth-order valence-electron chi connectivity index (χ4n) is 4.19. The van der Waals surface area contributed by atoms with Crippen LogP contribution in [0.4, 0.5) is 0 Å². The van der Waals surface area contributed by atoms with Crippen LogP contribution in [0.2, 0.25) is 0 Å². The SMILES string of the molecule is CCCc1on(CC(=O)c2cc(C(C)(C)C)c(O)c(C(C)(C)C)c2)c(=N)c1Cc1ccccc1. The number of nitrogens with zero attached hydrogens (tertiary/aromatic N) is 1. The molecule has 0 amide bonds. The standard InChI is InChI=1S/C29H38N2O3/c1-8-12-25-21(15-19-13-10-9-11-14-19)27(30)31(34-25)18-24(32)20-16-22(28(2,3)4)26(33)23(17-20)29(5,6)7/h9-11,13-14,16-17,30,33H,8,12,15,18H2,1-7H3. The van der Waals surface area contributed by atoms with Gasteiger partial charge in [-0.2, -0.15) is 4.74 Å². The fourth-order valence-corrected chi connectivity index (χ4v) is 4.19. The lowest BCUT2D eigenvalue weighted by Crippen LogP contribution is -2.24. The van der Waals surface area contributed by atoms with Crippen molar-refractivity contribution >= 4 is 5.78 Å². The maximum Gasteiger partial charge on any atom is 0.185 e. The van der Waals surface area contributed by atoms with Crippen LogP contribution < -0.4 is 5.49 Å². The number of ketones is 1. The van der Waals surface area contributed by atoms with E-state index < -0.39 is 0 Å². The van der Waals surface area contributed by atoms with Crippen molar-refractivity contribution < 1.29 is 14.4 Å². The molecule has 2 N–H and O–H groups in total. The third-order valence-corrected chi connectivity index (χ3v) is 6.13. The molecule has 0 aliphatic carbocycles. The van der Waals surface area contributed by atoms with Gasteiger partial charge in [0.05, 0.1) is 0 Å². The van der Waals surface area contributed by atoms with Gasteiger partial charge in [0, 0.05) is 35.1 Å². The van der Waals surface area contributed by atoms with Crippen LogP contribution in [0.15, 0.2) is 47.0 Å². The molecule has 0 aliphatic rings. The van der Waals surface area contributed by atoms with E-state index in [0.29, 0.717) is 12.0 Å². The zero-order chi connectivity index (χ0) is 25.3. The van der Waals surface area contributed by atoms with Crippen LogP contribution in [-0.2, 0) is 30.2 Å². The molecule has 0 unspecified atom stereocenters. The van der Waals surface area contributed by atoms with Crippen LogP contribution in [0.5, 0.6) is 5.75 Å². The van der Waals surface area contributed by atoms with Crippen molar-refractivity contribution in [3.8, 4) is 5.75 Å². The number of hydrogen-bond donors (Lipinski definition) is 2. The van der Waals surface area contributed by atoms with Crippen molar-refractivity contribution in [2.24, 2.45) is 0 Å². The van der Waals surface area contributed by atoms with Crippen molar-refractivity contribution in [1.29, 1.82) is 5.41 Å². The summed E-state index contributed by atoms with van der Waals surface area (Å²) in [4.78, 5) is 13.4. The summed E-state index contributed by atoms with van der Waals surface area (Å²) in [5, 5.41) is 19.7. The molecule has 34 heavy (non-hydrogen) atoms. The Morgan fingerprint density at radius 2 is 1.56 bits per heavy atom. The highest BCUT2D eigenvalue weighted by molar-refractivity contribution is 5.96. The normalized spacial score (nSPS) is 12.2. The molecule has 3 aromatic rings. The summed E-state index contributed by atoms with van der Waals surface area (Å²) >= 11 is 0. The molecule has 3 rings (SSSR count). The second-order valence-electron chi connectivity index (χ2n) is 11.1. The molecule has 0 aliphatic heterocycles. The van der Waals surface area contributed by atoms with Gasteiger partial charge in [-0.05, 0) is 34.9 Å². The van der Waals surface area contributed by atoms with Gasteiger partial charge in [-0.15, -0.1) is 0 Å². The maximum absolute atomic E-state index is 13.4. The zero-order valence-corrected chi connectivity index (χ0v) is 21.6. The van der Waals surface area contributed by atoms with E-state index in [2.05, 4.69) is 6.92 Å². The van der Waals surface area contributed by atoms with E-state index in [-0.39, 0.29) is 34.4 Å². The van der Waals surface area contributed by atoms with Gasteiger partial charge in [0.15, 0.2) is 11.3 Å². The number of hydrogen-bond acceptors (Lipinski definition) is 4. The maximum atomic E-state index is 13.4. The second kappa shape index (κ2) is 9.65. The minimum Gasteiger partial charge on any atom is -0.507 e. The van der Waals surface area contributed by atoms with E-state index >= 15 is 0 Å². The highest BCUT2D eigenvalue weighted by Crippen LogP contribution is 2.39. The lowest BCUT2D eigenvalue weighted by molar-refractivity contribution is 0.0922. The lowest BCUT2D eigenvalue weighted by Gasteiger charge is -2.28. The van der Waals surface area contributed by atoms with Crippen molar-refractivity contribution in [1.82, 2.24) is 4.74 Å². The molecule has 1 aromatic heterocycles. The molecule has 0 radical (unpaired) electrons. The second-order valence-corrected chi connectivity index (χ2v) is 11.1. The first-order valence-corrected chi connectivity index (χ1v) is 12.0. The highest BCUT2D eigenvalue weighted by Gasteiger charge is 2.28. The lowest BCUT2D eigenvalue weighted by atomic mass is 9.78. The van der Waals surface area contributed by atoms with E-state index in [1.807, 2.05) is 71.9 Å². The smallest absolute Gasteiger partial charge is 0.185 e. The molecule has 0 saturated carbocycles. The number of aromatic nitrogens is 1. The Morgan fingerprint density at radius 1 is 1.00 bits per heavy atom. The Morgan fingerprint density at radius 3 is 2.06 bits per heavy atom. The number of phenols is 1. The van der Waals surface area contributed by atoms with Gasteiger partial charge in [0.25, 0.3) is 0 Å². The Hall–Kier alpha value is -3.08. The Kier molecular flexibility index (Phi) is 7.25. The van der Waals surface area contributed by atoms with Gasteiger partial charge in [-0.3, -0.25) is 10.2 Å². The Bertz CT molecular complexity index is 1180.